The first-order chi connectivity index (χ1) is 13.0. The van der Waals surface area contributed by atoms with Crippen molar-refractivity contribution < 1.29 is 13.9 Å². The number of hydrogen-bond donors (Lipinski definition) is 0. The van der Waals surface area contributed by atoms with E-state index >= 15 is 0 Å². The van der Waals surface area contributed by atoms with Crippen molar-refractivity contribution in [3.8, 4) is 11.6 Å². The lowest BCUT2D eigenvalue weighted by molar-refractivity contribution is -0.134. The topological polar surface area (TPSA) is 58.6 Å². The van der Waals surface area contributed by atoms with Gasteiger partial charge in [-0.05, 0) is 38.0 Å². The van der Waals surface area contributed by atoms with Crippen molar-refractivity contribution in [3.05, 3.63) is 41.4 Å². The first kappa shape index (κ1) is 18.0. The van der Waals surface area contributed by atoms with Crippen LogP contribution in [0.25, 0.3) is 0 Å². The summed E-state index contributed by atoms with van der Waals surface area (Å²) >= 11 is 6.01. The van der Waals surface area contributed by atoms with Gasteiger partial charge in [-0.1, -0.05) is 11.6 Å². The van der Waals surface area contributed by atoms with Gasteiger partial charge >= 0.3 is 0 Å². The molecule has 1 atom stereocenters. The highest BCUT2D eigenvalue weighted by molar-refractivity contribution is 6.32. The highest BCUT2D eigenvalue weighted by Crippen LogP contribution is 2.33. The van der Waals surface area contributed by atoms with Gasteiger partial charge in [-0.15, -0.1) is 0 Å². The number of aromatic nitrogens is 2. The molecular formula is C19H20ClFN4O2. The highest BCUT2D eigenvalue weighted by atomic mass is 35.5. The number of nitrogens with zero attached hydrogens (tertiary/aromatic N) is 4. The van der Waals surface area contributed by atoms with E-state index in [4.69, 9.17) is 16.3 Å². The SMILES string of the molecule is CC1CN(c2cc(Oc3ccc(F)cc3Cl)ncn2)CCN1C(=O)C1CC1. The number of ether oxygens (including phenoxy) is 1. The predicted octanol–water partition coefficient (Wildman–Crippen LogP) is 3.51. The maximum atomic E-state index is 13.2. The van der Waals surface area contributed by atoms with Crippen LogP contribution < -0.4 is 9.64 Å². The second kappa shape index (κ2) is 7.31. The van der Waals surface area contributed by atoms with Crippen LogP contribution in [0.2, 0.25) is 5.02 Å². The lowest BCUT2D eigenvalue weighted by Gasteiger charge is -2.40. The Balaban J connectivity index is 1.45. The molecule has 1 saturated heterocycles. The number of carbonyl (C=O) groups excluding carboxylic acids is 1. The van der Waals surface area contributed by atoms with Crippen molar-refractivity contribution in [2.24, 2.45) is 5.92 Å². The summed E-state index contributed by atoms with van der Waals surface area (Å²) in [5.41, 5.74) is 0. The fourth-order valence-electron chi connectivity index (χ4n) is 3.29. The summed E-state index contributed by atoms with van der Waals surface area (Å²) in [6.45, 7) is 4.15. The van der Waals surface area contributed by atoms with Gasteiger partial charge in [-0.2, -0.15) is 0 Å². The number of hydrogen-bond acceptors (Lipinski definition) is 5. The minimum Gasteiger partial charge on any atom is -0.437 e. The van der Waals surface area contributed by atoms with E-state index in [0.29, 0.717) is 31.3 Å². The van der Waals surface area contributed by atoms with Crippen LogP contribution in [0.5, 0.6) is 11.6 Å². The number of piperazine rings is 1. The zero-order valence-corrected chi connectivity index (χ0v) is 15.7. The summed E-state index contributed by atoms with van der Waals surface area (Å²) in [7, 11) is 0. The second-order valence-corrected chi connectivity index (χ2v) is 7.40. The molecule has 1 aliphatic carbocycles. The molecule has 2 aliphatic rings. The van der Waals surface area contributed by atoms with E-state index in [2.05, 4.69) is 21.8 Å². The number of amides is 1. The van der Waals surface area contributed by atoms with E-state index in [0.717, 1.165) is 18.7 Å². The van der Waals surface area contributed by atoms with Gasteiger partial charge in [0.1, 0.15) is 23.7 Å². The van der Waals surface area contributed by atoms with Crippen LogP contribution in [0.4, 0.5) is 10.2 Å². The van der Waals surface area contributed by atoms with Gasteiger partial charge in [0.2, 0.25) is 11.8 Å². The van der Waals surface area contributed by atoms with Gasteiger partial charge in [0.25, 0.3) is 0 Å². The molecule has 1 aliphatic heterocycles. The summed E-state index contributed by atoms with van der Waals surface area (Å²) in [5.74, 6) is 1.47. The Morgan fingerprint density at radius 2 is 2.07 bits per heavy atom. The van der Waals surface area contributed by atoms with Crippen LogP contribution in [-0.4, -0.2) is 46.5 Å². The van der Waals surface area contributed by atoms with Crippen LogP contribution in [0.3, 0.4) is 0 Å². The van der Waals surface area contributed by atoms with E-state index in [9.17, 15) is 9.18 Å². The van der Waals surface area contributed by atoms with Crippen LogP contribution in [0.15, 0.2) is 30.6 Å². The quantitative estimate of drug-likeness (QED) is 0.799. The van der Waals surface area contributed by atoms with Gasteiger partial charge in [0.15, 0.2) is 0 Å². The first-order valence-electron chi connectivity index (χ1n) is 9.01. The van der Waals surface area contributed by atoms with Gasteiger partial charge in [0.05, 0.1) is 5.02 Å². The predicted molar refractivity (Wildman–Crippen MR) is 99.6 cm³/mol. The van der Waals surface area contributed by atoms with Gasteiger partial charge in [-0.25, -0.2) is 14.4 Å². The van der Waals surface area contributed by atoms with E-state index in [1.165, 1.54) is 24.5 Å². The zero-order chi connectivity index (χ0) is 19.0. The Labute approximate surface area is 161 Å². The molecule has 1 amide bonds. The molecule has 0 spiro atoms. The number of anilines is 1. The molecule has 1 unspecified atom stereocenters. The third-order valence-corrected chi connectivity index (χ3v) is 5.19. The average Bonchev–Trinajstić information content (AvgIpc) is 3.49. The molecule has 0 bridgehead atoms. The Hall–Kier alpha value is -2.41. The minimum atomic E-state index is -0.427. The third kappa shape index (κ3) is 3.98. The zero-order valence-electron chi connectivity index (χ0n) is 14.9. The molecule has 8 heteroatoms. The summed E-state index contributed by atoms with van der Waals surface area (Å²) in [5, 5.41) is 0.177. The van der Waals surface area contributed by atoms with E-state index in [-0.39, 0.29) is 22.9 Å². The maximum absolute atomic E-state index is 13.2. The van der Waals surface area contributed by atoms with Crippen LogP contribution in [0.1, 0.15) is 19.8 Å². The second-order valence-electron chi connectivity index (χ2n) is 6.99. The Morgan fingerprint density at radius 1 is 1.26 bits per heavy atom. The number of carbonyl (C=O) groups is 1. The monoisotopic (exact) mass is 390 g/mol. The number of halogens is 2. The summed E-state index contributed by atoms with van der Waals surface area (Å²) in [6, 6.07) is 5.78. The van der Waals surface area contributed by atoms with Crippen molar-refractivity contribution in [2.45, 2.75) is 25.8 Å². The summed E-state index contributed by atoms with van der Waals surface area (Å²) in [4.78, 5) is 24.9. The molecule has 0 radical (unpaired) electrons. The molecule has 1 aromatic carbocycles. The van der Waals surface area contributed by atoms with Crippen molar-refractivity contribution in [1.29, 1.82) is 0 Å². The van der Waals surface area contributed by atoms with Crippen molar-refractivity contribution in [2.75, 3.05) is 24.5 Å². The maximum Gasteiger partial charge on any atom is 0.226 e. The van der Waals surface area contributed by atoms with Gasteiger partial charge in [0, 0.05) is 37.7 Å². The van der Waals surface area contributed by atoms with Crippen LogP contribution in [0, 0.1) is 11.7 Å². The standard InChI is InChI=1S/C19H20ClFN4O2/c1-12-10-24(6-7-25(12)19(26)13-2-3-13)17-9-18(23-11-22-17)27-16-5-4-14(21)8-15(16)20/h4-5,8-9,11-13H,2-3,6-7,10H2,1H3. The molecule has 142 valence electrons. The largest absolute Gasteiger partial charge is 0.437 e. The van der Waals surface area contributed by atoms with E-state index in [1.54, 1.807) is 6.07 Å². The van der Waals surface area contributed by atoms with Crippen LogP contribution >= 0.6 is 11.6 Å². The smallest absolute Gasteiger partial charge is 0.226 e. The fourth-order valence-corrected chi connectivity index (χ4v) is 3.49. The molecule has 27 heavy (non-hydrogen) atoms. The molecule has 4 rings (SSSR count). The van der Waals surface area contributed by atoms with E-state index < -0.39 is 5.82 Å². The van der Waals surface area contributed by atoms with Gasteiger partial charge in [-0.3, -0.25) is 4.79 Å². The number of rotatable bonds is 4. The molecule has 2 aromatic rings. The lowest BCUT2D eigenvalue weighted by Crippen LogP contribution is -2.54. The molecule has 1 saturated carbocycles. The third-order valence-electron chi connectivity index (χ3n) is 4.90. The Bertz CT molecular complexity index is 861. The normalized spacial score (nSPS) is 19.9. The lowest BCUT2D eigenvalue weighted by atomic mass is 10.1. The molecule has 0 N–H and O–H groups in total. The Morgan fingerprint density at radius 3 is 2.78 bits per heavy atom. The molecule has 2 fully saturated rings. The highest BCUT2D eigenvalue weighted by Gasteiger charge is 2.37. The Kier molecular flexibility index (Phi) is 4.86. The van der Waals surface area contributed by atoms with Gasteiger partial charge < -0.3 is 14.5 Å². The minimum absolute atomic E-state index is 0.123. The van der Waals surface area contributed by atoms with E-state index in [1.807, 2.05) is 4.90 Å². The van der Waals surface area contributed by atoms with Crippen LogP contribution in [-0.2, 0) is 4.79 Å². The molecular weight excluding hydrogens is 371 g/mol. The van der Waals surface area contributed by atoms with Crippen molar-refractivity contribution >= 4 is 23.3 Å². The van der Waals surface area contributed by atoms with Crippen molar-refractivity contribution in [3.63, 3.8) is 0 Å². The molecule has 6 nitrogen and oxygen atoms in total. The summed E-state index contributed by atoms with van der Waals surface area (Å²) < 4.78 is 18.9. The molecule has 1 aromatic heterocycles. The summed E-state index contributed by atoms with van der Waals surface area (Å²) in [6.07, 6.45) is 3.46. The molecule has 2 heterocycles. The fraction of sp³-hybridized carbons (Fsp3) is 0.421. The van der Waals surface area contributed by atoms with Crippen molar-refractivity contribution in [1.82, 2.24) is 14.9 Å². The first-order valence-corrected chi connectivity index (χ1v) is 9.39. The average molecular weight is 391 g/mol. The number of benzene rings is 1.